The minimum atomic E-state index is 0.149. The molecule has 0 aliphatic rings. The molecule has 0 unspecified atom stereocenters. The molecule has 2 heteroatoms. The van der Waals surface area contributed by atoms with Crippen molar-refractivity contribution in [1.29, 1.82) is 0 Å². The summed E-state index contributed by atoms with van der Waals surface area (Å²) >= 11 is 0. The Morgan fingerprint density at radius 2 is 1.21 bits per heavy atom. The van der Waals surface area contributed by atoms with Crippen molar-refractivity contribution in [2.75, 3.05) is 0 Å². The molecule has 0 aromatic heterocycles. The van der Waals surface area contributed by atoms with Crippen molar-refractivity contribution in [2.45, 2.75) is 27.7 Å². The molecule has 0 atom stereocenters. The van der Waals surface area contributed by atoms with Crippen LogP contribution in [0.15, 0.2) is 18.7 Å². The first-order chi connectivity index (χ1) is 11.2. The van der Waals surface area contributed by atoms with Crippen LogP contribution in [0.25, 0.3) is 40.3 Å². The lowest BCUT2D eigenvalue weighted by molar-refractivity contribution is 0.478. The maximum absolute atomic E-state index is 11.0. The highest BCUT2D eigenvalue weighted by molar-refractivity contribution is 6.13. The zero-order valence-electron chi connectivity index (χ0n) is 14.7. The zero-order valence-corrected chi connectivity index (χ0v) is 14.7. The standard InChI is InChI=1S/C22H22O2/c1-10(2)16-13(5)14(6)19-20(15(16)7)22(24)18-12(4)9-8-11(3)17(18)21(19)23/h8-9,23-24H,1,6-7H2,2-5H3. The first-order valence-electron chi connectivity index (χ1n) is 7.92. The number of phenolic OH excluding ortho intramolecular Hbond substituents is 2. The molecule has 0 heterocycles. The summed E-state index contributed by atoms with van der Waals surface area (Å²) in [6.07, 6.45) is 0. The third kappa shape index (κ3) is 1.89. The van der Waals surface area contributed by atoms with Gasteiger partial charge in [0.25, 0.3) is 0 Å². The molecule has 0 aliphatic heterocycles. The van der Waals surface area contributed by atoms with Gasteiger partial charge in [-0.1, -0.05) is 37.4 Å². The number of aromatic hydroxyl groups is 2. The molecule has 2 nitrogen and oxygen atoms in total. The fourth-order valence-corrected chi connectivity index (χ4v) is 3.76. The second-order valence-corrected chi connectivity index (χ2v) is 6.63. The van der Waals surface area contributed by atoms with Gasteiger partial charge in [-0.3, -0.25) is 0 Å². The van der Waals surface area contributed by atoms with E-state index < -0.39 is 0 Å². The van der Waals surface area contributed by atoms with Gasteiger partial charge in [-0.2, -0.15) is 0 Å². The van der Waals surface area contributed by atoms with Crippen LogP contribution in [0.1, 0.15) is 29.2 Å². The van der Waals surface area contributed by atoms with Crippen LogP contribution in [0.3, 0.4) is 0 Å². The molecule has 0 saturated carbocycles. The molecule has 0 saturated heterocycles. The van der Waals surface area contributed by atoms with E-state index in [4.69, 9.17) is 0 Å². The Kier molecular flexibility index (Phi) is 3.45. The van der Waals surface area contributed by atoms with Crippen molar-refractivity contribution in [3.8, 4) is 11.5 Å². The van der Waals surface area contributed by atoms with Gasteiger partial charge in [0, 0.05) is 21.5 Å². The fraction of sp³-hybridized carbons (Fsp3) is 0.182. The molecular formula is C22H22O2. The lowest BCUT2D eigenvalue weighted by Crippen LogP contribution is -2.20. The van der Waals surface area contributed by atoms with Gasteiger partial charge in [0.05, 0.1) is 0 Å². The van der Waals surface area contributed by atoms with Crippen LogP contribution in [0.4, 0.5) is 0 Å². The highest BCUT2D eigenvalue weighted by atomic mass is 16.3. The van der Waals surface area contributed by atoms with Gasteiger partial charge in [0.1, 0.15) is 11.5 Å². The first kappa shape index (κ1) is 16.1. The second kappa shape index (κ2) is 5.13. The number of aryl methyl sites for hydroxylation is 2. The Balaban J connectivity index is 2.84. The second-order valence-electron chi connectivity index (χ2n) is 6.63. The van der Waals surface area contributed by atoms with Gasteiger partial charge in [0.15, 0.2) is 0 Å². The summed E-state index contributed by atoms with van der Waals surface area (Å²) in [7, 11) is 0. The van der Waals surface area contributed by atoms with E-state index in [1.54, 1.807) is 0 Å². The fourth-order valence-electron chi connectivity index (χ4n) is 3.76. The topological polar surface area (TPSA) is 40.5 Å². The van der Waals surface area contributed by atoms with Crippen LogP contribution in [0.5, 0.6) is 11.5 Å². The summed E-state index contributed by atoms with van der Waals surface area (Å²) < 4.78 is 0. The maximum atomic E-state index is 11.0. The molecule has 24 heavy (non-hydrogen) atoms. The lowest BCUT2D eigenvalue weighted by atomic mass is 9.88. The van der Waals surface area contributed by atoms with Gasteiger partial charge in [-0.05, 0) is 60.4 Å². The number of rotatable bonds is 1. The molecule has 0 bridgehead atoms. The summed E-state index contributed by atoms with van der Waals surface area (Å²) in [5.41, 5.74) is 4.51. The highest BCUT2D eigenvalue weighted by Gasteiger charge is 2.20. The normalized spacial score (nSPS) is 11.3. The molecule has 0 aliphatic carbocycles. The van der Waals surface area contributed by atoms with Gasteiger partial charge in [-0.15, -0.1) is 0 Å². The van der Waals surface area contributed by atoms with Crippen molar-refractivity contribution >= 4 is 40.3 Å². The van der Waals surface area contributed by atoms with E-state index >= 15 is 0 Å². The third-order valence-corrected chi connectivity index (χ3v) is 4.98. The molecule has 0 radical (unpaired) electrons. The minimum absolute atomic E-state index is 0.149. The van der Waals surface area contributed by atoms with Crippen molar-refractivity contribution < 1.29 is 10.2 Å². The van der Waals surface area contributed by atoms with Crippen molar-refractivity contribution in [3.05, 3.63) is 51.4 Å². The van der Waals surface area contributed by atoms with Crippen LogP contribution >= 0.6 is 0 Å². The van der Waals surface area contributed by atoms with Gasteiger partial charge in [0.2, 0.25) is 0 Å². The molecule has 0 spiro atoms. The van der Waals surface area contributed by atoms with E-state index in [1.807, 2.05) is 39.8 Å². The van der Waals surface area contributed by atoms with Crippen LogP contribution in [0.2, 0.25) is 0 Å². The maximum Gasteiger partial charge on any atom is 0.132 e. The summed E-state index contributed by atoms with van der Waals surface area (Å²) in [6, 6.07) is 3.90. The van der Waals surface area contributed by atoms with Gasteiger partial charge in [-0.25, -0.2) is 0 Å². The van der Waals surface area contributed by atoms with E-state index in [9.17, 15) is 10.2 Å². The molecule has 3 aromatic rings. The van der Waals surface area contributed by atoms with E-state index in [0.717, 1.165) is 27.8 Å². The zero-order chi connectivity index (χ0) is 17.9. The monoisotopic (exact) mass is 318 g/mol. The van der Waals surface area contributed by atoms with E-state index in [2.05, 4.69) is 19.7 Å². The molecule has 0 fully saturated rings. The number of hydrogen-bond acceptors (Lipinski definition) is 2. The third-order valence-electron chi connectivity index (χ3n) is 4.98. The van der Waals surface area contributed by atoms with Crippen molar-refractivity contribution in [3.63, 3.8) is 0 Å². The van der Waals surface area contributed by atoms with Crippen LogP contribution < -0.4 is 10.4 Å². The van der Waals surface area contributed by atoms with Gasteiger partial charge < -0.3 is 10.2 Å². The number of allylic oxidation sites excluding steroid dienone is 1. The van der Waals surface area contributed by atoms with Crippen LogP contribution in [-0.4, -0.2) is 10.2 Å². The largest absolute Gasteiger partial charge is 0.507 e. The summed E-state index contributed by atoms with van der Waals surface area (Å²) in [5.74, 6) is 0.307. The molecule has 3 rings (SSSR count). The van der Waals surface area contributed by atoms with E-state index in [1.165, 1.54) is 0 Å². The number of hydrogen-bond donors (Lipinski definition) is 2. The quantitative estimate of drug-likeness (QED) is 0.522. The summed E-state index contributed by atoms with van der Waals surface area (Å²) in [4.78, 5) is 0. The predicted octanol–water partition coefficient (Wildman–Crippen LogP) is 4.18. The Labute approximate surface area is 141 Å². The van der Waals surface area contributed by atoms with Crippen LogP contribution in [0, 0.1) is 20.8 Å². The molecule has 122 valence electrons. The number of benzene rings is 3. The Hall–Kier alpha value is -2.74. The Bertz CT molecular complexity index is 1150. The van der Waals surface area contributed by atoms with Gasteiger partial charge >= 0.3 is 0 Å². The number of phenols is 2. The Morgan fingerprint density at radius 1 is 0.792 bits per heavy atom. The first-order valence-corrected chi connectivity index (χ1v) is 7.92. The minimum Gasteiger partial charge on any atom is -0.507 e. The van der Waals surface area contributed by atoms with E-state index in [-0.39, 0.29) is 11.5 Å². The average molecular weight is 318 g/mol. The van der Waals surface area contributed by atoms with E-state index in [0.29, 0.717) is 32.0 Å². The van der Waals surface area contributed by atoms with Crippen LogP contribution in [-0.2, 0) is 0 Å². The molecular weight excluding hydrogens is 296 g/mol. The summed E-state index contributed by atoms with van der Waals surface area (Å²) in [6.45, 7) is 20.1. The molecule has 2 N–H and O–H groups in total. The highest BCUT2D eigenvalue weighted by Crippen LogP contribution is 2.42. The summed E-state index contributed by atoms with van der Waals surface area (Å²) in [5, 5.41) is 25.9. The van der Waals surface area contributed by atoms with Crippen molar-refractivity contribution in [1.82, 2.24) is 0 Å². The molecule has 0 amide bonds. The SMILES string of the molecule is C=C(C)c1c(C)c(=C)c2c(O)c3c(C)ccc(C)c3c(O)c2c1=C. The Morgan fingerprint density at radius 3 is 1.62 bits per heavy atom. The molecule has 3 aromatic carbocycles. The average Bonchev–Trinajstić information content (AvgIpc) is 2.50. The smallest absolute Gasteiger partial charge is 0.132 e. The predicted molar refractivity (Wildman–Crippen MR) is 104 cm³/mol. The lowest BCUT2D eigenvalue weighted by Gasteiger charge is -2.18. The number of fused-ring (bicyclic) bond motifs is 2. The van der Waals surface area contributed by atoms with Crippen molar-refractivity contribution in [2.24, 2.45) is 0 Å².